The first-order valence-electron chi connectivity index (χ1n) is 8.90. The van der Waals surface area contributed by atoms with Crippen LogP contribution in [0.3, 0.4) is 0 Å². The van der Waals surface area contributed by atoms with Crippen molar-refractivity contribution in [1.29, 1.82) is 0 Å². The molecule has 0 saturated carbocycles. The average molecular weight is 523 g/mol. The minimum absolute atomic E-state index is 0.181. The molecule has 2 aromatic carbocycles. The van der Waals surface area contributed by atoms with E-state index in [9.17, 15) is 52.7 Å². The Morgan fingerprint density at radius 1 is 0.441 bits per heavy atom. The molecule has 1 aromatic heterocycles. The standard InChI is InChI=1S/C20H10F12NP/c21-17(22,23)11-5-12(18(24,25)26)8-15(7-11)34(33-3-1-2-4-33)16-9-13(19(27,28)29)6-14(10-16)20(30,31)32/h1-10H. The quantitative estimate of drug-likeness (QED) is 0.248. The van der Waals surface area contributed by atoms with Crippen LogP contribution in [-0.2, 0) is 24.7 Å². The fourth-order valence-corrected chi connectivity index (χ4v) is 5.29. The molecule has 1 heterocycles. The van der Waals surface area contributed by atoms with Crippen LogP contribution in [0.25, 0.3) is 0 Å². The van der Waals surface area contributed by atoms with Crippen LogP contribution in [0.15, 0.2) is 60.9 Å². The maximum absolute atomic E-state index is 13.3. The van der Waals surface area contributed by atoms with Crippen LogP contribution >= 0.6 is 8.07 Å². The van der Waals surface area contributed by atoms with Crippen molar-refractivity contribution in [2.75, 3.05) is 0 Å². The van der Waals surface area contributed by atoms with Crippen molar-refractivity contribution < 1.29 is 52.7 Å². The molecule has 0 amide bonds. The van der Waals surface area contributed by atoms with Gasteiger partial charge in [0.2, 0.25) is 0 Å². The van der Waals surface area contributed by atoms with Gasteiger partial charge in [-0.15, -0.1) is 0 Å². The van der Waals surface area contributed by atoms with E-state index in [4.69, 9.17) is 0 Å². The van der Waals surface area contributed by atoms with Crippen LogP contribution in [0.2, 0.25) is 0 Å². The topological polar surface area (TPSA) is 4.93 Å². The zero-order valence-corrected chi connectivity index (χ0v) is 17.1. The largest absolute Gasteiger partial charge is 0.416 e. The predicted molar refractivity (Wildman–Crippen MR) is 98.9 cm³/mol. The fourth-order valence-electron chi connectivity index (χ4n) is 3.00. The molecule has 0 aliphatic heterocycles. The molecule has 0 atom stereocenters. The molecule has 3 rings (SSSR count). The number of alkyl halides is 12. The van der Waals surface area contributed by atoms with Gasteiger partial charge in [0.15, 0.2) is 0 Å². The van der Waals surface area contributed by atoms with Gasteiger partial charge in [-0.2, -0.15) is 52.7 Å². The second-order valence-corrected chi connectivity index (χ2v) is 9.02. The molecule has 1 nitrogen and oxygen atoms in total. The van der Waals surface area contributed by atoms with Crippen molar-refractivity contribution in [3.63, 3.8) is 0 Å². The van der Waals surface area contributed by atoms with E-state index in [1.807, 2.05) is 0 Å². The molecule has 0 spiro atoms. The monoisotopic (exact) mass is 523 g/mol. The number of aromatic nitrogens is 1. The van der Waals surface area contributed by atoms with Crippen LogP contribution in [-0.4, -0.2) is 4.34 Å². The van der Waals surface area contributed by atoms with Crippen LogP contribution in [0.1, 0.15) is 22.3 Å². The van der Waals surface area contributed by atoms with Crippen molar-refractivity contribution in [1.82, 2.24) is 4.34 Å². The summed E-state index contributed by atoms with van der Waals surface area (Å²) in [5, 5.41) is -1.50. The first kappa shape index (κ1) is 25.9. The summed E-state index contributed by atoms with van der Waals surface area (Å²) in [5.41, 5.74) is -7.00. The highest BCUT2D eigenvalue weighted by Crippen LogP contribution is 2.43. The second kappa shape index (κ2) is 8.51. The first-order valence-corrected chi connectivity index (χ1v) is 10.2. The fraction of sp³-hybridized carbons (Fsp3) is 0.200. The molecule has 0 fully saturated rings. The molecule has 0 saturated heterocycles. The lowest BCUT2D eigenvalue weighted by atomic mass is 10.1. The number of hydrogen-bond donors (Lipinski definition) is 0. The van der Waals surface area contributed by atoms with Gasteiger partial charge in [-0.3, -0.25) is 0 Å². The molecule has 0 N–H and O–H groups in total. The van der Waals surface area contributed by atoms with Gasteiger partial charge in [0.05, 0.1) is 30.3 Å². The highest BCUT2D eigenvalue weighted by Gasteiger charge is 2.40. The third-order valence-electron chi connectivity index (χ3n) is 4.45. The third kappa shape index (κ3) is 5.68. The Hall–Kier alpha value is -2.69. The number of benzene rings is 2. The molecule has 3 aromatic rings. The molecule has 14 heteroatoms. The number of nitrogens with zero attached hydrogens (tertiary/aromatic N) is 1. The summed E-state index contributed by atoms with van der Waals surface area (Å²) < 4.78 is 161. The molecule has 0 aliphatic rings. The van der Waals surface area contributed by atoms with E-state index in [1.165, 1.54) is 12.1 Å². The summed E-state index contributed by atoms with van der Waals surface area (Å²) in [4.78, 5) is 0. The predicted octanol–water partition coefficient (Wildman–Crippen LogP) is 7.46. The Morgan fingerprint density at radius 2 is 0.706 bits per heavy atom. The van der Waals surface area contributed by atoms with Crippen molar-refractivity contribution in [2.24, 2.45) is 0 Å². The number of rotatable bonds is 3. The van der Waals surface area contributed by atoms with Crippen LogP contribution in [0.4, 0.5) is 52.7 Å². The van der Waals surface area contributed by atoms with E-state index < -0.39 is 65.6 Å². The molecule has 0 aliphatic carbocycles. The highest BCUT2D eigenvalue weighted by molar-refractivity contribution is 7.71. The Labute approximate surface area is 184 Å². The van der Waals surface area contributed by atoms with E-state index in [1.54, 1.807) is 0 Å². The van der Waals surface area contributed by atoms with Gasteiger partial charge in [0, 0.05) is 23.0 Å². The number of halogens is 12. The van der Waals surface area contributed by atoms with E-state index >= 15 is 0 Å². The van der Waals surface area contributed by atoms with Crippen LogP contribution in [0, 0.1) is 0 Å². The zero-order valence-electron chi connectivity index (χ0n) is 16.2. The summed E-state index contributed by atoms with van der Waals surface area (Å²) in [6.45, 7) is 0. The lowest BCUT2D eigenvalue weighted by molar-refractivity contribution is -0.144. The average Bonchev–Trinajstić information content (AvgIpc) is 3.19. The molecular formula is C20H10F12NP. The van der Waals surface area contributed by atoms with E-state index in [-0.39, 0.29) is 36.4 Å². The third-order valence-corrected chi connectivity index (χ3v) is 6.68. The van der Waals surface area contributed by atoms with Crippen LogP contribution in [0.5, 0.6) is 0 Å². The van der Waals surface area contributed by atoms with Crippen molar-refractivity contribution in [2.45, 2.75) is 24.7 Å². The minimum atomic E-state index is -5.27. The van der Waals surface area contributed by atoms with Gasteiger partial charge >= 0.3 is 24.7 Å². The molecule has 0 unspecified atom stereocenters. The lowest BCUT2D eigenvalue weighted by Gasteiger charge is -2.24. The summed E-state index contributed by atoms with van der Waals surface area (Å²) >= 11 is 0. The summed E-state index contributed by atoms with van der Waals surface area (Å²) in [7, 11) is -2.75. The molecule has 0 bridgehead atoms. The summed E-state index contributed by atoms with van der Waals surface area (Å²) in [6.07, 6.45) is -18.8. The van der Waals surface area contributed by atoms with Gasteiger partial charge in [-0.05, 0) is 48.5 Å². The van der Waals surface area contributed by atoms with E-state index in [0.717, 1.165) is 16.7 Å². The van der Waals surface area contributed by atoms with Gasteiger partial charge in [-0.1, -0.05) is 0 Å². The van der Waals surface area contributed by atoms with Gasteiger partial charge in [0.1, 0.15) is 0 Å². The lowest BCUT2D eigenvalue weighted by Crippen LogP contribution is -2.24. The van der Waals surface area contributed by atoms with E-state index in [0.29, 0.717) is 0 Å². The summed E-state index contributed by atoms with van der Waals surface area (Å²) in [6, 6.07) is 3.32. The Bertz CT molecular complexity index is 1010. The van der Waals surface area contributed by atoms with E-state index in [2.05, 4.69) is 0 Å². The Balaban J connectivity index is 2.37. The first-order chi connectivity index (χ1) is 15.4. The molecule has 34 heavy (non-hydrogen) atoms. The number of hydrogen-bond acceptors (Lipinski definition) is 0. The SMILES string of the molecule is FC(F)(F)c1cc(P(c2cc(C(F)(F)F)cc(C(F)(F)F)c2)n2cccc2)cc(C(F)(F)F)c1. The van der Waals surface area contributed by atoms with Gasteiger partial charge in [0.25, 0.3) is 0 Å². The summed E-state index contributed by atoms with van der Waals surface area (Å²) in [5.74, 6) is 0. The molecule has 0 radical (unpaired) electrons. The van der Waals surface area contributed by atoms with Crippen LogP contribution < -0.4 is 10.6 Å². The van der Waals surface area contributed by atoms with Crippen molar-refractivity contribution in [3.8, 4) is 0 Å². The second-order valence-electron chi connectivity index (χ2n) is 6.90. The normalized spacial score (nSPS) is 13.6. The Kier molecular flexibility index (Phi) is 6.49. The zero-order chi connectivity index (χ0) is 25.7. The molecule has 184 valence electrons. The van der Waals surface area contributed by atoms with Gasteiger partial charge in [-0.25, -0.2) is 0 Å². The minimum Gasteiger partial charge on any atom is -0.325 e. The van der Waals surface area contributed by atoms with Crippen molar-refractivity contribution >= 4 is 18.7 Å². The van der Waals surface area contributed by atoms with Crippen molar-refractivity contribution in [3.05, 3.63) is 83.2 Å². The highest BCUT2D eigenvalue weighted by atomic mass is 31.1. The maximum atomic E-state index is 13.3. The maximum Gasteiger partial charge on any atom is 0.416 e. The molecular weight excluding hydrogens is 513 g/mol. The Morgan fingerprint density at radius 3 is 0.941 bits per heavy atom. The smallest absolute Gasteiger partial charge is 0.325 e. The van der Waals surface area contributed by atoms with Gasteiger partial charge < -0.3 is 4.34 Å².